The highest BCUT2D eigenvalue weighted by Crippen LogP contribution is 2.36. The van der Waals surface area contributed by atoms with Gasteiger partial charge in [0.15, 0.2) is 5.69 Å². The molecule has 8 heteroatoms. The molecule has 1 N–H and O–H groups in total. The van der Waals surface area contributed by atoms with Crippen LogP contribution in [0.25, 0.3) is 11.3 Å². The maximum atomic E-state index is 13.4. The van der Waals surface area contributed by atoms with Crippen molar-refractivity contribution < 1.29 is 22.3 Å². The molecule has 1 unspecified atom stereocenters. The van der Waals surface area contributed by atoms with Gasteiger partial charge >= 0.3 is 6.18 Å². The van der Waals surface area contributed by atoms with Crippen LogP contribution in [0.15, 0.2) is 30.6 Å². The molecular weight excluding hydrogens is 314 g/mol. The standard InChI is InChI=1S/C15H13F4N3O/c16-10-5-9(6-21-7-10)12-2-1-11(13-8-20-3-4-23-13)14(22-12)15(17,18)19/h1-2,5-7,13,20H,3-4,8H2. The maximum Gasteiger partial charge on any atom is 0.433 e. The second-order valence-electron chi connectivity index (χ2n) is 5.09. The molecule has 0 radical (unpaired) electrons. The Morgan fingerprint density at radius 2 is 2.04 bits per heavy atom. The third-order valence-corrected chi connectivity index (χ3v) is 3.47. The monoisotopic (exact) mass is 327 g/mol. The fourth-order valence-electron chi connectivity index (χ4n) is 2.43. The number of hydrogen-bond donors (Lipinski definition) is 1. The number of aromatic nitrogens is 2. The maximum absolute atomic E-state index is 13.4. The minimum Gasteiger partial charge on any atom is -0.371 e. The van der Waals surface area contributed by atoms with Crippen LogP contribution in [-0.2, 0) is 10.9 Å². The van der Waals surface area contributed by atoms with E-state index < -0.39 is 23.8 Å². The molecule has 2 aromatic rings. The molecule has 1 saturated heterocycles. The highest BCUT2D eigenvalue weighted by Gasteiger charge is 2.38. The lowest BCUT2D eigenvalue weighted by Gasteiger charge is -2.26. The van der Waals surface area contributed by atoms with Crippen molar-refractivity contribution in [3.8, 4) is 11.3 Å². The molecule has 0 amide bonds. The zero-order chi connectivity index (χ0) is 16.4. The highest BCUT2D eigenvalue weighted by atomic mass is 19.4. The molecule has 2 aromatic heterocycles. The number of alkyl halides is 3. The number of nitrogens with zero attached hydrogens (tertiary/aromatic N) is 2. The molecular formula is C15H13F4N3O. The van der Waals surface area contributed by atoms with Gasteiger partial charge in [-0.3, -0.25) is 4.98 Å². The zero-order valence-corrected chi connectivity index (χ0v) is 11.9. The SMILES string of the molecule is Fc1cncc(-c2ccc(C3CNCCO3)c(C(F)(F)F)n2)c1. The first-order valence-corrected chi connectivity index (χ1v) is 6.96. The fraction of sp³-hybridized carbons (Fsp3) is 0.333. The summed E-state index contributed by atoms with van der Waals surface area (Å²) in [6.07, 6.45) is -3.10. The summed E-state index contributed by atoms with van der Waals surface area (Å²) in [4.78, 5) is 7.32. The van der Waals surface area contributed by atoms with E-state index in [1.165, 1.54) is 18.3 Å². The van der Waals surface area contributed by atoms with Crippen molar-refractivity contribution in [2.45, 2.75) is 12.3 Å². The molecule has 122 valence electrons. The zero-order valence-electron chi connectivity index (χ0n) is 11.9. The minimum absolute atomic E-state index is 0.0110. The second kappa shape index (κ2) is 6.21. The Labute approximate surface area is 129 Å². The van der Waals surface area contributed by atoms with E-state index in [2.05, 4.69) is 15.3 Å². The van der Waals surface area contributed by atoms with Crippen molar-refractivity contribution in [2.24, 2.45) is 0 Å². The van der Waals surface area contributed by atoms with E-state index in [0.717, 1.165) is 12.3 Å². The number of pyridine rings is 2. The van der Waals surface area contributed by atoms with Crippen molar-refractivity contribution in [1.82, 2.24) is 15.3 Å². The summed E-state index contributed by atoms with van der Waals surface area (Å²) < 4.78 is 58.7. The number of hydrogen-bond acceptors (Lipinski definition) is 4. The van der Waals surface area contributed by atoms with Crippen molar-refractivity contribution in [1.29, 1.82) is 0 Å². The predicted molar refractivity (Wildman–Crippen MR) is 74.0 cm³/mol. The summed E-state index contributed by atoms with van der Waals surface area (Å²) >= 11 is 0. The van der Waals surface area contributed by atoms with Crippen LogP contribution in [0.5, 0.6) is 0 Å². The predicted octanol–water partition coefficient (Wildman–Crippen LogP) is 2.96. The Hall–Kier alpha value is -2.06. The molecule has 0 aliphatic carbocycles. The number of halogens is 4. The molecule has 3 heterocycles. The Morgan fingerprint density at radius 3 is 2.70 bits per heavy atom. The van der Waals surface area contributed by atoms with Gasteiger partial charge in [-0.05, 0) is 12.1 Å². The van der Waals surface area contributed by atoms with Gasteiger partial charge in [0.05, 0.1) is 24.6 Å². The Kier molecular flexibility index (Phi) is 4.27. The molecule has 1 aliphatic heterocycles. The Morgan fingerprint density at radius 1 is 1.22 bits per heavy atom. The average molecular weight is 327 g/mol. The normalized spacial score (nSPS) is 18.9. The first-order valence-electron chi connectivity index (χ1n) is 6.96. The minimum atomic E-state index is -4.63. The molecule has 0 spiro atoms. The van der Waals surface area contributed by atoms with Crippen molar-refractivity contribution in [3.63, 3.8) is 0 Å². The van der Waals surface area contributed by atoms with E-state index in [-0.39, 0.29) is 23.4 Å². The van der Waals surface area contributed by atoms with Gasteiger partial charge in [0, 0.05) is 30.4 Å². The molecule has 0 aromatic carbocycles. The van der Waals surface area contributed by atoms with Crippen molar-refractivity contribution in [3.05, 3.63) is 47.7 Å². The molecule has 4 nitrogen and oxygen atoms in total. The van der Waals surface area contributed by atoms with Gasteiger partial charge in [-0.15, -0.1) is 0 Å². The third-order valence-electron chi connectivity index (χ3n) is 3.47. The fourth-order valence-corrected chi connectivity index (χ4v) is 2.43. The van der Waals surface area contributed by atoms with Crippen molar-refractivity contribution >= 4 is 0 Å². The van der Waals surface area contributed by atoms with Crippen LogP contribution in [0.4, 0.5) is 17.6 Å². The van der Waals surface area contributed by atoms with Gasteiger partial charge in [0.1, 0.15) is 5.82 Å². The second-order valence-corrected chi connectivity index (χ2v) is 5.09. The van der Waals surface area contributed by atoms with Gasteiger partial charge in [-0.1, -0.05) is 6.07 Å². The average Bonchev–Trinajstić information content (AvgIpc) is 2.54. The van der Waals surface area contributed by atoms with Gasteiger partial charge in [-0.2, -0.15) is 13.2 Å². The van der Waals surface area contributed by atoms with Crippen LogP contribution < -0.4 is 5.32 Å². The van der Waals surface area contributed by atoms with E-state index >= 15 is 0 Å². The largest absolute Gasteiger partial charge is 0.433 e. The third kappa shape index (κ3) is 3.48. The lowest BCUT2D eigenvalue weighted by molar-refractivity contribution is -0.143. The summed E-state index contributed by atoms with van der Waals surface area (Å²) in [5.74, 6) is -0.637. The Balaban J connectivity index is 2.05. The molecule has 0 bridgehead atoms. The van der Waals surface area contributed by atoms with E-state index in [1.54, 1.807) is 0 Å². The topological polar surface area (TPSA) is 47.0 Å². The van der Waals surface area contributed by atoms with E-state index in [1.807, 2.05) is 0 Å². The number of morpholine rings is 1. The van der Waals surface area contributed by atoms with Crippen LogP contribution >= 0.6 is 0 Å². The molecule has 1 atom stereocenters. The first-order chi connectivity index (χ1) is 10.9. The molecule has 1 fully saturated rings. The highest BCUT2D eigenvalue weighted by molar-refractivity contribution is 5.58. The van der Waals surface area contributed by atoms with Gasteiger partial charge < -0.3 is 10.1 Å². The van der Waals surface area contributed by atoms with Crippen LogP contribution in [0.1, 0.15) is 17.4 Å². The van der Waals surface area contributed by atoms with Crippen LogP contribution in [0.3, 0.4) is 0 Å². The summed E-state index contributed by atoms with van der Waals surface area (Å²) in [5, 5.41) is 2.99. The summed E-state index contributed by atoms with van der Waals surface area (Å²) in [7, 11) is 0. The smallest absolute Gasteiger partial charge is 0.371 e. The van der Waals surface area contributed by atoms with Crippen LogP contribution in [0, 0.1) is 5.82 Å². The summed E-state index contributed by atoms with van der Waals surface area (Å²) in [6.45, 7) is 1.21. The first kappa shape index (κ1) is 15.8. The van der Waals surface area contributed by atoms with E-state index in [0.29, 0.717) is 13.2 Å². The lowest BCUT2D eigenvalue weighted by atomic mass is 10.0. The Bertz CT molecular complexity index is 699. The number of nitrogens with one attached hydrogen (secondary N) is 1. The summed E-state index contributed by atoms with van der Waals surface area (Å²) in [5.41, 5.74) is -0.854. The molecule has 3 rings (SSSR count). The van der Waals surface area contributed by atoms with Crippen LogP contribution in [0.2, 0.25) is 0 Å². The van der Waals surface area contributed by atoms with Gasteiger partial charge in [-0.25, -0.2) is 9.37 Å². The molecule has 23 heavy (non-hydrogen) atoms. The quantitative estimate of drug-likeness (QED) is 0.862. The van der Waals surface area contributed by atoms with E-state index in [9.17, 15) is 17.6 Å². The number of ether oxygens (including phenoxy) is 1. The van der Waals surface area contributed by atoms with Gasteiger partial charge in [0.2, 0.25) is 0 Å². The number of rotatable bonds is 2. The lowest BCUT2D eigenvalue weighted by Crippen LogP contribution is -2.34. The van der Waals surface area contributed by atoms with Crippen LogP contribution in [-0.4, -0.2) is 29.7 Å². The van der Waals surface area contributed by atoms with E-state index in [4.69, 9.17) is 4.74 Å². The van der Waals surface area contributed by atoms with Crippen molar-refractivity contribution in [2.75, 3.05) is 19.7 Å². The molecule has 0 saturated carbocycles. The summed E-state index contributed by atoms with van der Waals surface area (Å²) in [6, 6.07) is 3.83. The molecule has 1 aliphatic rings. The van der Waals surface area contributed by atoms with Gasteiger partial charge in [0.25, 0.3) is 0 Å².